The number of halogens is 1. The zero-order valence-electron chi connectivity index (χ0n) is 6.16. The molecule has 0 radical (unpaired) electrons. The van der Waals surface area contributed by atoms with Crippen LogP contribution in [0.1, 0.15) is 13.3 Å². The Morgan fingerprint density at radius 2 is 2.18 bits per heavy atom. The second kappa shape index (κ2) is 5.51. The molecule has 1 unspecified atom stereocenters. The summed E-state index contributed by atoms with van der Waals surface area (Å²) in [5.74, 6) is -1.01. The number of carbonyl (C=O) groups is 1. The summed E-state index contributed by atoms with van der Waals surface area (Å²) in [5.41, 5.74) is 0. The lowest BCUT2D eigenvalue weighted by Gasteiger charge is -2.08. The molecule has 0 aromatic rings. The number of alkyl halides is 1. The van der Waals surface area contributed by atoms with Crippen molar-refractivity contribution < 1.29 is 19.7 Å². The zero-order valence-corrected chi connectivity index (χ0v) is 7.74. The van der Waals surface area contributed by atoms with Crippen LogP contribution in [0.2, 0.25) is 0 Å². The average Bonchev–Trinajstić information content (AvgIpc) is 1.99. The molecule has 0 saturated carbocycles. The molecule has 66 valence electrons. The van der Waals surface area contributed by atoms with Gasteiger partial charge in [-0.15, -0.1) is 0 Å². The first-order valence-electron chi connectivity index (χ1n) is 3.24. The standard InChI is InChI=1S/C6H11BrO4/c1-2-4(7)3-11-6(10)5(8)9/h4-5,8-9H,2-3H2,1H3. The maximum absolute atomic E-state index is 10.4. The summed E-state index contributed by atoms with van der Waals surface area (Å²) in [6.07, 6.45) is -1.21. The fourth-order valence-corrected chi connectivity index (χ4v) is 0.497. The van der Waals surface area contributed by atoms with Crippen molar-refractivity contribution in [1.82, 2.24) is 0 Å². The van der Waals surface area contributed by atoms with Gasteiger partial charge < -0.3 is 14.9 Å². The van der Waals surface area contributed by atoms with Gasteiger partial charge in [0.05, 0.1) is 0 Å². The van der Waals surface area contributed by atoms with Crippen molar-refractivity contribution in [3.8, 4) is 0 Å². The molecule has 0 heterocycles. The Morgan fingerprint density at radius 1 is 1.64 bits per heavy atom. The van der Waals surface area contributed by atoms with E-state index in [-0.39, 0.29) is 11.4 Å². The summed E-state index contributed by atoms with van der Waals surface area (Å²) >= 11 is 3.21. The largest absolute Gasteiger partial charge is 0.461 e. The molecule has 0 aliphatic rings. The number of aliphatic hydroxyl groups is 2. The van der Waals surface area contributed by atoms with Gasteiger partial charge in [-0.3, -0.25) is 0 Å². The van der Waals surface area contributed by atoms with Crippen LogP contribution in [-0.2, 0) is 9.53 Å². The van der Waals surface area contributed by atoms with Crippen molar-refractivity contribution in [3.05, 3.63) is 0 Å². The van der Waals surface area contributed by atoms with E-state index in [1.165, 1.54) is 0 Å². The van der Waals surface area contributed by atoms with Crippen LogP contribution in [0.4, 0.5) is 0 Å². The van der Waals surface area contributed by atoms with Crippen LogP contribution >= 0.6 is 15.9 Å². The summed E-state index contributed by atoms with van der Waals surface area (Å²) in [4.78, 5) is 10.5. The van der Waals surface area contributed by atoms with E-state index in [4.69, 9.17) is 10.2 Å². The average molecular weight is 227 g/mol. The molecule has 0 bridgehead atoms. The molecule has 0 saturated heterocycles. The summed E-state index contributed by atoms with van der Waals surface area (Å²) < 4.78 is 4.47. The fraction of sp³-hybridized carbons (Fsp3) is 0.833. The van der Waals surface area contributed by atoms with Gasteiger partial charge in [-0.1, -0.05) is 22.9 Å². The lowest BCUT2D eigenvalue weighted by atomic mass is 10.4. The Hall–Kier alpha value is -0.130. The van der Waals surface area contributed by atoms with Gasteiger partial charge >= 0.3 is 5.97 Å². The maximum Gasteiger partial charge on any atom is 0.363 e. The normalized spacial score (nSPS) is 13.2. The second-order valence-electron chi connectivity index (χ2n) is 2.01. The van der Waals surface area contributed by atoms with Crippen LogP contribution in [0.3, 0.4) is 0 Å². The third kappa shape index (κ3) is 5.17. The van der Waals surface area contributed by atoms with Gasteiger partial charge in [0.2, 0.25) is 0 Å². The highest BCUT2D eigenvalue weighted by Crippen LogP contribution is 2.04. The van der Waals surface area contributed by atoms with Crippen LogP contribution in [-0.4, -0.2) is 33.9 Å². The van der Waals surface area contributed by atoms with Crippen molar-refractivity contribution in [2.24, 2.45) is 0 Å². The number of aliphatic hydroxyl groups excluding tert-OH is 1. The van der Waals surface area contributed by atoms with Crippen LogP contribution in [0, 0.1) is 0 Å². The Bertz CT molecular complexity index is 126. The van der Waals surface area contributed by atoms with Gasteiger partial charge in [0, 0.05) is 4.83 Å². The van der Waals surface area contributed by atoms with Gasteiger partial charge in [-0.2, -0.15) is 0 Å². The molecule has 0 aliphatic carbocycles. The first-order valence-corrected chi connectivity index (χ1v) is 4.16. The molecular formula is C6H11BrO4. The molecule has 0 fully saturated rings. The first kappa shape index (κ1) is 10.9. The minimum absolute atomic E-state index is 0.0743. The molecule has 0 spiro atoms. The predicted octanol–water partition coefficient (Wildman–Crippen LogP) is 0.0138. The quantitative estimate of drug-likeness (QED) is 0.403. The second-order valence-corrected chi connectivity index (χ2v) is 3.30. The number of ether oxygens (including phenoxy) is 1. The monoisotopic (exact) mass is 226 g/mol. The van der Waals surface area contributed by atoms with Crippen LogP contribution in [0.5, 0.6) is 0 Å². The molecule has 11 heavy (non-hydrogen) atoms. The van der Waals surface area contributed by atoms with Crippen LogP contribution in [0.25, 0.3) is 0 Å². The van der Waals surface area contributed by atoms with Crippen molar-refractivity contribution in [1.29, 1.82) is 0 Å². The van der Waals surface area contributed by atoms with E-state index in [1.807, 2.05) is 6.92 Å². The predicted molar refractivity (Wildman–Crippen MR) is 42.2 cm³/mol. The third-order valence-corrected chi connectivity index (χ3v) is 1.97. The third-order valence-electron chi connectivity index (χ3n) is 1.06. The number of hydrogen-bond donors (Lipinski definition) is 2. The molecule has 5 heteroatoms. The van der Waals surface area contributed by atoms with Crippen molar-refractivity contribution in [3.63, 3.8) is 0 Å². The Balaban J connectivity index is 3.46. The summed E-state index contributed by atoms with van der Waals surface area (Å²) in [6.45, 7) is 2.08. The van der Waals surface area contributed by atoms with E-state index in [1.54, 1.807) is 0 Å². The van der Waals surface area contributed by atoms with Crippen molar-refractivity contribution >= 4 is 21.9 Å². The van der Waals surface area contributed by atoms with Gasteiger partial charge in [-0.25, -0.2) is 4.79 Å². The molecule has 1 atom stereocenters. The van der Waals surface area contributed by atoms with Gasteiger partial charge in [-0.05, 0) is 6.42 Å². The van der Waals surface area contributed by atoms with E-state index in [0.29, 0.717) is 0 Å². The molecule has 0 aliphatic heterocycles. The molecule has 0 aromatic heterocycles. The Kier molecular flexibility index (Phi) is 5.45. The highest BCUT2D eigenvalue weighted by Gasteiger charge is 2.13. The SMILES string of the molecule is CCC(Br)COC(=O)C(O)O. The zero-order chi connectivity index (χ0) is 8.85. The van der Waals surface area contributed by atoms with Gasteiger partial charge in [0.15, 0.2) is 0 Å². The number of hydrogen-bond acceptors (Lipinski definition) is 4. The molecule has 2 N–H and O–H groups in total. The molecule has 0 aromatic carbocycles. The van der Waals surface area contributed by atoms with E-state index in [9.17, 15) is 4.79 Å². The van der Waals surface area contributed by atoms with Crippen LogP contribution in [0.15, 0.2) is 0 Å². The molecule has 4 nitrogen and oxygen atoms in total. The first-order chi connectivity index (χ1) is 5.07. The van der Waals surface area contributed by atoms with E-state index >= 15 is 0 Å². The van der Waals surface area contributed by atoms with E-state index in [2.05, 4.69) is 20.7 Å². The smallest absolute Gasteiger partial charge is 0.363 e. The van der Waals surface area contributed by atoms with E-state index < -0.39 is 12.3 Å². The number of esters is 1. The maximum atomic E-state index is 10.4. The Morgan fingerprint density at radius 3 is 2.55 bits per heavy atom. The van der Waals surface area contributed by atoms with Gasteiger partial charge in [0.1, 0.15) is 6.61 Å². The molecular weight excluding hydrogens is 216 g/mol. The summed E-state index contributed by atoms with van der Waals surface area (Å²) in [5, 5.41) is 16.5. The minimum atomic E-state index is -2.02. The highest BCUT2D eigenvalue weighted by atomic mass is 79.9. The molecule has 0 amide bonds. The lowest BCUT2D eigenvalue weighted by Crippen LogP contribution is -2.24. The fourth-order valence-electron chi connectivity index (χ4n) is 0.365. The minimum Gasteiger partial charge on any atom is -0.461 e. The number of carbonyl (C=O) groups excluding carboxylic acids is 1. The molecule has 0 rings (SSSR count). The highest BCUT2D eigenvalue weighted by molar-refractivity contribution is 9.09. The van der Waals surface area contributed by atoms with Crippen LogP contribution < -0.4 is 0 Å². The van der Waals surface area contributed by atoms with Crippen molar-refractivity contribution in [2.45, 2.75) is 24.5 Å². The topological polar surface area (TPSA) is 66.8 Å². The van der Waals surface area contributed by atoms with Gasteiger partial charge in [0.25, 0.3) is 6.29 Å². The summed E-state index contributed by atoms with van der Waals surface area (Å²) in [6, 6.07) is 0. The Labute approximate surface area is 73.3 Å². The lowest BCUT2D eigenvalue weighted by molar-refractivity contribution is -0.172. The van der Waals surface area contributed by atoms with E-state index in [0.717, 1.165) is 6.42 Å². The number of rotatable bonds is 4. The summed E-state index contributed by atoms with van der Waals surface area (Å²) in [7, 11) is 0. The van der Waals surface area contributed by atoms with Crippen molar-refractivity contribution in [2.75, 3.05) is 6.61 Å².